The molecule has 6 rings (SSSR count). The van der Waals surface area contributed by atoms with E-state index >= 15 is 0 Å². The Balaban J connectivity index is 1.64. The summed E-state index contributed by atoms with van der Waals surface area (Å²) in [7, 11) is 0. The van der Waals surface area contributed by atoms with Gasteiger partial charge in [0.1, 0.15) is 5.60 Å². The first-order valence-corrected chi connectivity index (χ1v) is 10.4. The van der Waals surface area contributed by atoms with E-state index in [1.807, 2.05) is 48.5 Å². The highest BCUT2D eigenvalue weighted by molar-refractivity contribution is 5.83. The van der Waals surface area contributed by atoms with E-state index in [0.717, 1.165) is 28.1 Å². The Morgan fingerprint density at radius 3 is 1.80 bits per heavy atom. The maximum absolute atomic E-state index is 12.3. The van der Waals surface area contributed by atoms with Crippen molar-refractivity contribution < 1.29 is 5.11 Å². The Hall–Kier alpha value is -3.36. The van der Waals surface area contributed by atoms with Crippen LogP contribution in [0.15, 0.2) is 91.0 Å². The second-order valence-corrected chi connectivity index (χ2v) is 8.86. The molecule has 2 N–H and O–H groups in total. The van der Waals surface area contributed by atoms with Gasteiger partial charge in [0.2, 0.25) is 0 Å². The molecule has 1 heterocycles. The minimum Gasteiger partial charge on any atom is -0.376 e. The number of fused-ring (bicyclic) bond motifs is 5. The first-order valence-electron chi connectivity index (χ1n) is 10.4. The van der Waals surface area contributed by atoms with Crippen LogP contribution in [-0.4, -0.2) is 5.11 Å². The fourth-order valence-electron chi connectivity index (χ4n) is 5.36. The summed E-state index contributed by atoms with van der Waals surface area (Å²) < 4.78 is 0. The van der Waals surface area contributed by atoms with E-state index in [2.05, 4.69) is 61.6 Å². The van der Waals surface area contributed by atoms with Crippen molar-refractivity contribution >= 4 is 11.4 Å². The Morgan fingerprint density at radius 2 is 1.13 bits per heavy atom. The topological polar surface area (TPSA) is 32.3 Å². The summed E-state index contributed by atoms with van der Waals surface area (Å²) in [5.74, 6) is 0. The van der Waals surface area contributed by atoms with E-state index in [0.29, 0.717) is 0 Å². The molecule has 0 saturated heterocycles. The van der Waals surface area contributed by atoms with E-state index in [1.54, 1.807) is 0 Å². The van der Waals surface area contributed by atoms with Crippen molar-refractivity contribution in [2.45, 2.75) is 24.9 Å². The summed E-state index contributed by atoms with van der Waals surface area (Å²) in [6, 6.07) is 31.2. The minimum atomic E-state index is -1.21. The fraction of sp³-hybridized carbons (Fsp3) is 0.143. The molecular formula is C28H23NO. The highest BCUT2D eigenvalue weighted by Gasteiger charge is 2.42. The van der Waals surface area contributed by atoms with Crippen molar-refractivity contribution in [1.29, 1.82) is 0 Å². The third-order valence-electron chi connectivity index (χ3n) is 6.90. The molecule has 2 heteroatoms. The van der Waals surface area contributed by atoms with Gasteiger partial charge < -0.3 is 10.4 Å². The molecule has 2 nitrogen and oxygen atoms in total. The molecule has 1 aliphatic heterocycles. The highest BCUT2D eigenvalue weighted by atomic mass is 16.3. The maximum Gasteiger partial charge on any atom is 0.144 e. The molecule has 30 heavy (non-hydrogen) atoms. The monoisotopic (exact) mass is 389 g/mol. The van der Waals surface area contributed by atoms with Gasteiger partial charge in [-0.05, 0) is 46.0 Å². The Kier molecular flexibility index (Phi) is 3.40. The molecule has 4 aromatic rings. The number of hydrogen-bond acceptors (Lipinski definition) is 2. The number of hydrogen-bond donors (Lipinski definition) is 2. The zero-order valence-corrected chi connectivity index (χ0v) is 17.1. The Morgan fingerprint density at radius 1 is 0.600 bits per heavy atom. The van der Waals surface area contributed by atoms with Crippen molar-refractivity contribution in [2.24, 2.45) is 0 Å². The number of rotatable bonds is 1. The van der Waals surface area contributed by atoms with Crippen molar-refractivity contribution in [3.8, 4) is 11.1 Å². The molecule has 0 spiro atoms. The first-order chi connectivity index (χ1) is 14.5. The summed E-state index contributed by atoms with van der Waals surface area (Å²) in [6.45, 7) is 4.56. The molecular weight excluding hydrogens is 366 g/mol. The van der Waals surface area contributed by atoms with Crippen LogP contribution < -0.4 is 5.32 Å². The fourth-order valence-corrected chi connectivity index (χ4v) is 5.36. The lowest BCUT2D eigenvalue weighted by Gasteiger charge is -2.37. The smallest absolute Gasteiger partial charge is 0.144 e. The summed E-state index contributed by atoms with van der Waals surface area (Å²) in [5, 5.41) is 15.8. The zero-order chi connectivity index (χ0) is 20.5. The van der Waals surface area contributed by atoms with Crippen molar-refractivity contribution in [2.75, 3.05) is 5.32 Å². The third kappa shape index (κ3) is 2.12. The molecule has 0 bridgehead atoms. The summed E-state index contributed by atoms with van der Waals surface area (Å²) in [6.07, 6.45) is 0. The SMILES string of the molecule is CC1(C)c2ccccc2-c2cc(C3(O)c4ccccc4Nc4ccccc43)ccc21. The molecule has 0 aromatic heterocycles. The van der Waals surface area contributed by atoms with E-state index < -0.39 is 5.60 Å². The normalized spacial score (nSPS) is 16.6. The zero-order valence-electron chi connectivity index (χ0n) is 17.1. The molecule has 0 unspecified atom stereocenters. The molecule has 146 valence electrons. The van der Waals surface area contributed by atoms with Gasteiger partial charge in [-0.3, -0.25) is 0 Å². The van der Waals surface area contributed by atoms with Crippen LogP contribution in [0.3, 0.4) is 0 Å². The van der Waals surface area contributed by atoms with Gasteiger partial charge in [0.25, 0.3) is 0 Å². The van der Waals surface area contributed by atoms with Crippen LogP contribution in [0.25, 0.3) is 11.1 Å². The molecule has 2 aliphatic rings. The third-order valence-corrected chi connectivity index (χ3v) is 6.90. The molecule has 4 aromatic carbocycles. The second-order valence-electron chi connectivity index (χ2n) is 8.86. The quantitative estimate of drug-likeness (QED) is 0.398. The van der Waals surface area contributed by atoms with Gasteiger partial charge in [-0.15, -0.1) is 0 Å². The van der Waals surface area contributed by atoms with Crippen LogP contribution in [0.5, 0.6) is 0 Å². The van der Waals surface area contributed by atoms with E-state index in [-0.39, 0.29) is 5.41 Å². The van der Waals surface area contributed by atoms with E-state index in [4.69, 9.17) is 0 Å². The number of anilines is 2. The van der Waals surface area contributed by atoms with Crippen LogP contribution in [0.1, 0.15) is 41.7 Å². The number of para-hydroxylation sites is 2. The Labute approximate surface area is 176 Å². The largest absolute Gasteiger partial charge is 0.376 e. The predicted molar refractivity (Wildman–Crippen MR) is 122 cm³/mol. The lowest BCUT2D eigenvalue weighted by Crippen LogP contribution is -2.33. The second kappa shape index (κ2) is 5.84. The van der Waals surface area contributed by atoms with Crippen molar-refractivity contribution in [3.05, 3.63) is 119 Å². The van der Waals surface area contributed by atoms with Crippen molar-refractivity contribution in [3.63, 3.8) is 0 Å². The van der Waals surface area contributed by atoms with Crippen LogP contribution >= 0.6 is 0 Å². The van der Waals surface area contributed by atoms with Gasteiger partial charge in [0.15, 0.2) is 0 Å². The number of nitrogens with one attached hydrogen (secondary N) is 1. The van der Waals surface area contributed by atoms with Gasteiger partial charge in [-0.25, -0.2) is 0 Å². The number of benzene rings is 4. The summed E-state index contributed by atoms with van der Waals surface area (Å²) >= 11 is 0. The molecule has 0 saturated carbocycles. The van der Waals surface area contributed by atoms with Gasteiger partial charge in [-0.2, -0.15) is 0 Å². The molecule has 0 atom stereocenters. The van der Waals surface area contributed by atoms with E-state index in [9.17, 15) is 5.11 Å². The number of aliphatic hydroxyl groups is 1. The maximum atomic E-state index is 12.3. The molecule has 0 amide bonds. The van der Waals surface area contributed by atoms with Crippen LogP contribution in [0, 0.1) is 0 Å². The predicted octanol–water partition coefficient (Wildman–Crippen LogP) is 6.33. The summed E-state index contributed by atoms with van der Waals surface area (Å²) in [5.41, 5.74) is 8.43. The summed E-state index contributed by atoms with van der Waals surface area (Å²) in [4.78, 5) is 0. The lowest BCUT2D eigenvalue weighted by molar-refractivity contribution is 0.126. The standard InChI is InChI=1S/C28H23NO/c1-27(2)21-10-4-3-9-19(21)20-17-18(15-16-22(20)27)28(30)23-11-5-7-13-25(23)29-26-14-8-6-12-24(26)28/h3-17,29-30H,1-2H3. The van der Waals surface area contributed by atoms with Crippen LogP contribution in [0.2, 0.25) is 0 Å². The molecule has 0 radical (unpaired) electrons. The van der Waals surface area contributed by atoms with Gasteiger partial charge in [0.05, 0.1) is 0 Å². The van der Waals surface area contributed by atoms with E-state index in [1.165, 1.54) is 22.3 Å². The average molecular weight is 389 g/mol. The van der Waals surface area contributed by atoms with Gasteiger partial charge >= 0.3 is 0 Å². The van der Waals surface area contributed by atoms with Gasteiger partial charge in [-0.1, -0.05) is 86.6 Å². The average Bonchev–Trinajstić information content (AvgIpc) is 3.01. The lowest BCUT2D eigenvalue weighted by atomic mass is 9.75. The molecule has 1 aliphatic carbocycles. The minimum absolute atomic E-state index is 0.0446. The van der Waals surface area contributed by atoms with Crippen LogP contribution in [-0.2, 0) is 11.0 Å². The first kappa shape index (κ1) is 17.5. The highest BCUT2D eigenvalue weighted by Crippen LogP contribution is 2.52. The Bertz CT molecular complexity index is 1270. The molecule has 0 fully saturated rings. The van der Waals surface area contributed by atoms with Crippen molar-refractivity contribution in [1.82, 2.24) is 0 Å². The van der Waals surface area contributed by atoms with Crippen LogP contribution in [0.4, 0.5) is 11.4 Å². The van der Waals surface area contributed by atoms with Gasteiger partial charge in [0, 0.05) is 27.9 Å².